The molecule has 0 saturated heterocycles. The molecule has 0 atom stereocenters. The Morgan fingerprint density at radius 1 is 1.41 bits per heavy atom. The molecule has 6 heteroatoms. The van der Waals surface area contributed by atoms with Gasteiger partial charge in [0, 0.05) is 24.8 Å². The highest BCUT2D eigenvalue weighted by molar-refractivity contribution is 5.80. The van der Waals surface area contributed by atoms with E-state index in [2.05, 4.69) is 27.5 Å². The molecule has 1 fully saturated rings. The van der Waals surface area contributed by atoms with Gasteiger partial charge >= 0.3 is 0 Å². The van der Waals surface area contributed by atoms with Gasteiger partial charge in [-0.3, -0.25) is 0 Å². The number of ether oxygens (including phenoxy) is 1. The first-order chi connectivity index (χ1) is 10.7. The van der Waals surface area contributed by atoms with E-state index in [1.165, 1.54) is 0 Å². The smallest absolute Gasteiger partial charge is 0.213 e. The van der Waals surface area contributed by atoms with Crippen LogP contribution in [0.2, 0.25) is 0 Å². The summed E-state index contributed by atoms with van der Waals surface area (Å²) < 4.78 is 5.13. The van der Waals surface area contributed by atoms with Gasteiger partial charge in [0.05, 0.1) is 19.8 Å². The topological polar surface area (TPSA) is 78.8 Å². The number of aliphatic hydroxyl groups excluding tert-OH is 1. The van der Waals surface area contributed by atoms with Gasteiger partial charge in [-0.1, -0.05) is 0 Å². The van der Waals surface area contributed by atoms with Crippen LogP contribution in [0.5, 0.6) is 5.88 Å². The van der Waals surface area contributed by atoms with Gasteiger partial charge in [-0.15, -0.1) is 0 Å². The second-order valence-corrected chi connectivity index (χ2v) is 5.55. The van der Waals surface area contributed by atoms with E-state index in [9.17, 15) is 5.11 Å². The van der Waals surface area contributed by atoms with Crippen LogP contribution in [0.15, 0.2) is 23.3 Å². The molecule has 1 aliphatic carbocycles. The van der Waals surface area contributed by atoms with Crippen molar-refractivity contribution in [3.8, 4) is 5.88 Å². The van der Waals surface area contributed by atoms with Gasteiger partial charge in [0.25, 0.3) is 0 Å². The summed E-state index contributed by atoms with van der Waals surface area (Å²) >= 11 is 0. The summed E-state index contributed by atoms with van der Waals surface area (Å²) in [7, 11) is 1.61. The Labute approximate surface area is 132 Å². The second-order valence-electron chi connectivity index (χ2n) is 5.55. The molecule has 1 aromatic heterocycles. The lowest BCUT2D eigenvalue weighted by Gasteiger charge is -2.27. The molecule has 0 spiro atoms. The maximum atomic E-state index is 9.57. The standard InChI is InChI=1S/C16H26N4O2/c1-3-17-16(20-13-4-6-14(21)7-5-13)19-11-12-8-9-18-15(10-12)22-2/h8-10,13-14,21H,3-7,11H2,1-2H3,(H2,17,19,20). The molecular weight excluding hydrogens is 280 g/mol. The van der Waals surface area contributed by atoms with Gasteiger partial charge in [0.1, 0.15) is 0 Å². The first kappa shape index (κ1) is 16.5. The minimum Gasteiger partial charge on any atom is -0.481 e. The lowest BCUT2D eigenvalue weighted by molar-refractivity contribution is 0.120. The summed E-state index contributed by atoms with van der Waals surface area (Å²) in [6.45, 7) is 3.45. The van der Waals surface area contributed by atoms with Crippen molar-refractivity contribution in [2.75, 3.05) is 13.7 Å². The third-order valence-electron chi connectivity index (χ3n) is 3.81. The fourth-order valence-corrected chi connectivity index (χ4v) is 2.56. The molecule has 0 amide bonds. The van der Waals surface area contributed by atoms with E-state index in [1.807, 2.05) is 12.1 Å². The Balaban J connectivity index is 1.94. The first-order valence-corrected chi connectivity index (χ1v) is 7.93. The van der Waals surface area contributed by atoms with E-state index in [-0.39, 0.29) is 6.10 Å². The summed E-state index contributed by atoms with van der Waals surface area (Å²) in [5, 5.41) is 16.3. The number of aromatic nitrogens is 1. The van der Waals surface area contributed by atoms with Crippen LogP contribution in [0.3, 0.4) is 0 Å². The van der Waals surface area contributed by atoms with Crippen molar-refractivity contribution < 1.29 is 9.84 Å². The average Bonchev–Trinajstić information content (AvgIpc) is 2.55. The molecule has 1 saturated carbocycles. The van der Waals surface area contributed by atoms with Crippen molar-refractivity contribution >= 4 is 5.96 Å². The molecule has 0 radical (unpaired) electrons. The number of nitrogens with zero attached hydrogens (tertiary/aromatic N) is 2. The molecular formula is C16H26N4O2. The van der Waals surface area contributed by atoms with E-state index in [0.717, 1.165) is 43.8 Å². The van der Waals surface area contributed by atoms with Gasteiger partial charge in [-0.05, 0) is 44.2 Å². The second kappa shape index (κ2) is 8.58. The van der Waals surface area contributed by atoms with Gasteiger partial charge in [0.2, 0.25) is 5.88 Å². The summed E-state index contributed by atoms with van der Waals surface area (Å²) in [4.78, 5) is 8.72. The lowest BCUT2D eigenvalue weighted by atomic mass is 9.93. The number of guanidine groups is 1. The molecule has 6 nitrogen and oxygen atoms in total. The molecule has 0 aliphatic heterocycles. The van der Waals surface area contributed by atoms with Crippen LogP contribution in [0, 0.1) is 0 Å². The minimum atomic E-state index is -0.137. The van der Waals surface area contributed by atoms with Crippen molar-refractivity contribution in [3.05, 3.63) is 23.9 Å². The molecule has 22 heavy (non-hydrogen) atoms. The Morgan fingerprint density at radius 3 is 2.86 bits per heavy atom. The number of aliphatic hydroxyl groups is 1. The SMILES string of the molecule is CCNC(=NCc1ccnc(OC)c1)NC1CCC(O)CC1. The number of rotatable bonds is 5. The summed E-state index contributed by atoms with van der Waals surface area (Å²) in [5.74, 6) is 1.42. The summed E-state index contributed by atoms with van der Waals surface area (Å²) in [5.41, 5.74) is 1.06. The van der Waals surface area contributed by atoms with Crippen molar-refractivity contribution in [3.63, 3.8) is 0 Å². The van der Waals surface area contributed by atoms with Crippen LogP contribution in [-0.4, -0.2) is 41.9 Å². The Bertz CT molecular complexity index is 485. The van der Waals surface area contributed by atoms with Crippen molar-refractivity contribution in [1.29, 1.82) is 0 Å². The van der Waals surface area contributed by atoms with Crippen molar-refractivity contribution in [2.24, 2.45) is 4.99 Å². The number of aliphatic imine (C=N–C) groups is 1. The molecule has 0 unspecified atom stereocenters. The van der Waals surface area contributed by atoms with Gasteiger partial charge in [-0.25, -0.2) is 9.98 Å². The highest BCUT2D eigenvalue weighted by Gasteiger charge is 2.19. The van der Waals surface area contributed by atoms with E-state index in [0.29, 0.717) is 18.5 Å². The number of nitrogens with one attached hydrogen (secondary N) is 2. The molecule has 1 heterocycles. The van der Waals surface area contributed by atoms with Gasteiger partial charge in [-0.2, -0.15) is 0 Å². The van der Waals surface area contributed by atoms with E-state index in [1.54, 1.807) is 13.3 Å². The lowest BCUT2D eigenvalue weighted by Crippen LogP contribution is -2.45. The van der Waals surface area contributed by atoms with Crippen LogP contribution >= 0.6 is 0 Å². The molecule has 0 aromatic carbocycles. The normalized spacial score (nSPS) is 22.2. The Hall–Kier alpha value is -1.82. The van der Waals surface area contributed by atoms with E-state index >= 15 is 0 Å². The van der Waals surface area contributed by atoms with Crippen LogP contribution < -0.4 is 15.4 Å². The quantitative estimate of drug-likeness (QED) is 0.567. The largest absolute Gasteiger partial charge is 0.481 e. The minimum absolute atomic E-state index is 0.137. The molecule has 1 aliphatic rings. The number of hydrogen-bond donors (Lipinski definition) is 3. The van der Waals surface area contributed by atoms with Crippen LogP contribution in [0.25, 0.3) is 0 Å². The maximum absolute atomic E-state index is 9.57. The number of pyridine rings is 1. The molecule has 122 valence electrons. The predicted molar refractivity (Wildman–Crippen MR) is 87.0 cm³/mol. The molecule has 3 N–H and O–H groups in total. The summed E-state index contributed by atoms with van der Waals surface area (Å²) in [6, 6.07) is 4.21. The fraction of sp³-hybridized carbons (Fsp3) is 0.625. The Morgan fingerprint density at radius 2 is 2.18 bits per heavy atom. The van der Waals surface area contributed by atoms with Gasteiger partial charge < -0.3 is 20.5 Å². The van der Waals surface area contributed by atoms with Crippen LogP contribution in [0.4, 0.5) is 0 Å². The van der Waals surface area contributed by atoms with Crippen molar-refractivity contribution in [2.45, 2.75) is 51.3 Å². The first-order valence-electron chi connectivity index (χ1n) is 7.93. The zero-order valence-electron chi connectivity index (χ0n) is 13.4. The van der Waals surface area contributed by atoms with Crippen molar-refractivity contribution in [1.82, 2.24) is 15.6 Å². The maximum Gasteiger partial charge on any atom is 0.213 e. The Kier molecular flexibility index (Phi) is 6.45. The summed E-state index contributed by atoms with van der Waals surface area (Å²) in [6.07, 6.45) is 5.27. The number of methoxy groups -OCH3 is 1. The van der Waals surface area contributed by atoms with Crippen LogP contribution in [0.1, 0.15) is 38.2 Å². The molecule has 0 bridgehead atoms. The third-order valence-corrected chi connectivity index (χ3v) is 3.81. The highest BCUT2D eigenvalue weighted by atomic mass is 16.5. The van der Waals surface area contributed by atoms with E-state index in [4.69, 9.17) is 4.74 Å². The van der Waals surface area contributed by atoms with Gasteiger partial charge in [0.15, 0.2) is 5.96 Å². The average molecular weight is 306 g/mol. The zero-order chi connectivity index (χ0) is 15.8. The predicted octanol–water partition coefficient (Wildman–Crippen LogP) is 1.45. The fourth-order valence-electron chi connectivity index (χ4n) is 2.56. The van der Waals surface area contributed by atoms with E-state index < -0.39 is 0 Å². The van der Waals surface area contributed by atoms with Crippen LogP contribution in [-0.2, 0) is 6.54 Å². The zero-order valence-corrected chi connectivity index (χ0v) is 13.4. The number of hydrogen-bond acceptors (Lipinski definition) is 4. The molecule has 1 aromatic rings. The highest BCUT2D eigenvalue weighted by Crippen LogP contribution is 2.18. The monoisotopic (exact) mass is 306 g/mol. The third kappa shape index (κ3) is 5.18. The molecule has 2 rings (SSSR count).